The fourth-order valence-electron chi connectivity index (χ4n) is 2.48. The van der Waals surface area contributed by atoms with Gasteiger partial charge < -0.3 is 14.8 Å². The lowest BCUT2D eigenvalue weighted by molar-refractivity contribution is -0.0938. The quantitative estimate of drug-likeness (QED) is 0.776. The molecule has 3 rings (SSSR count). The Hall–Kier alpha value is -0.900. The number of benzene rings is 1. The van der Waals surface area contributed by atoms with Gasteiger partial charge in [-0.05, 0) is 12.0 Å². The number of fused-ring (bicyclic) bond motifs is 1. The molecule has 2 saturated heterocycles. The Morgan fingerprint density at radius 2 is 2.00 bits per heavy atom. The zero-order valence-corrected chi connectivity index (χ0v) is 9.26. The molecule has 16 heavy (non-hydrogen) atoms. The third kappa shape index (κ3) is 1.98. The first-order chi connectivity index (χ1) is 7.93. The number of hydrogen-bond donors (Lipinski definition) is 1. The van der Waals surface area contributed by atoms with Crippen LogP contribution >= 0.6 is 0 Å². The van der Waals surface area contributed by atoms with Crippen molar-refractivity contribution in [3.8, 4) is 0 Å². The lowest BCUT2D eigenvalue weighted by atomic mass is 9.99. The van der Waals surface area contributed by atoms with Gasteiger partial charge in [0.15, 0.2) is 0 Å². The van der Waals surface area contributed by atoms with Crippen LogP contribution in [0.2, 0.25) is 0 Å². The number of rotatable bonds is 1. The molecule has 0 amide bonds. The monoisotopic (exact) mass is 219 g/mol. The second kappa shape index (κ2) is 4.53. The van der Waals surface area contributed by atoms with E-state index >= 15 is 0 Å². The van der Waals surface area contributed by atoms with Gasteiger partial charge in [-0.15, -0.1) is 0 Å². The van der Waals surface area contributed by atoms with Gasteiger partial charge in [-0.25, -0.2) is 0 Å². The zero-order chi connectivity index (χ0) is 10.8. The van der Waals surface area contributed by atoms with Gasteiger partial charge in [-0.1, -0.05) is 30.3 Å². The molecule has 3 nitrogen and oxygen atoms in total. The summed E-state index contributed by atoms with van der Waals surface area (Å²) in [4.78, 5) is 0. The zero-order valence-electron chi connectivity index (χ0n) is 9.26. The van der Waals surface area contributed by atoms with E-state index in [9.17, 15) is 0 Å². The lowest BCUT2D eigenvalue weighted by Gasteiger charge is -2.40. The molecule has 3 atom stereocenters. The molecule has 0 spiro atoms. The molecule has 0 radical (unpaired) electrons. The molecule has 2 fully saturated rings. The molecule has 1 aromatic rings. The molecular formula is C13H17NO2. The Morgan fingerprint density at radius 1 is 1.12 bits per heavy atom. The van der Waals surface area contributed by atoms with Gasteiger partial charge in [0.25, 0.3) is 0 Å². The van der Waals surface area contributed by atoms with Crippen LogP contribution in [0.15, 0.2) is 30.3 Å². The van der Waals surface area contributed by atoms with Crippen LogP contribution in [-0.4, -0.2) is 32.0 Å². The predicted octanol–water partition coefficient (Wildman–Crippen LogP) is 1.50. The smallest absolute Gasteiger partial charge is 0.0773 e. The van der Waals surface area contributed by atoms with E-state index in [0.29, 0.717) is 18.2 Å². The van der Waals surface area contributed by atoms with Crippen molar-refractivity contribution in [2.45, 2.75) is 24.6 Å². The van der Waals surface area contributed by atoms with E-state index in [1.807, 2.05) is 6.07 Å². The molecule has 0 aliphatic carbocycles. The average molecular weight is 219 g/mol. The van der Waals surface area contributed by atoms with Gasteiger partial charge in [0, 0.05) is 6.61 Å². The molecule has 3 unspecified atom stereocenters. The second-order valence-electron chi connectivity index (χ2n) is 4.47. The van der Waals surface area contributed by atoms with Crippen molar-refractivity contribution in [1.29, 1.82) is 0 Å². The molecule has 0 aromatic heterocycles. The first-order valence-electron chi connectivity index (χ1n) is 5.94. The van der Waals surface area contributed by atoms with Crippen molar-refractivity contribution >= 4 is 0 Å². The van der Waals surface area contributed by atoms with Gasteiger partial charge in [0.05, 0.1) is 31.4 Å². The molecule has 2 aliphatic heterocycles. The van der Waals surface area contributed by atoms with Crippen molar-refractivity contribution < 1.29 is 9.47 Å². The van der Waals surface area contributed by atoms with Crippen LogP contribution in [0.3, 0.4) is 0 Å². The van der Waals surface area contributed by atoms with E-state index < -0.39 is 0 Å². The molecular weight excluding hydrogens is 202 g/mol. The van der Waals surface area contributed by atoms with Gasteiger partial charge >= 0.3 is 0 Å². The number of nitrogens with one attached hydrogen (secondary N) is 1. The van der Waals surface area contributed by atoms with Gasteiger partial charge in [0.1, 0.15) is 0 Å². The van der Waals surface area contributed by atoms with Crippen LogP contribution in [-0.2, 0) is 9.47 Å². The average Bonchev–Trinajstić information content (AvgIpc) is 2.39. The van der Waals surface area contributed by atoms with E-state index in [1.165, 1.54) is 5.56 Å². The standard InChI is InChI=1S/C13H17NO2/c1-2-4-10(5-3-1)11-9-16-13-6-7-15-8-12(13)14-11/h1-5,11-14H,6-9H2. The summed E-state index contributed by atoms with van der Waals surface area (Å²) in [6.45, 7) is 2.37. The highest BCUT2D eigenvalue weighted by Crippen LogP contribution is 2.24. The van der Waals surface area contributed by atoms with Gasteiger partial charge in [0.2, 0.25) is 0 Å². The van der Waals surface area contributed by atoms with E-state index in [2.05, 4.69) is 29.6 Å². The van der Waals surface area contributed by atoms with Crippen LogP contribution < -0.4 is 5.32 Å². The molecule has 1 N–H and O–H groups in total. The minimum Gasteiger partial charge on any atom is -0.380 e. The van der Waals surface area contributed by atoms with Crippen LogP contribution in [0.25, 0.3) is 0 Å². The SMILES string of the molecule is c1ccc(C2COC3CCOCC3N2)cc1. The third-order valence-corrected chi connectivity index (χ3v) is 3.39. The third-order valence-electron chi connectivity index (χ3n) is 3.39. The highest BCUT2D eigenvalue weighted by molar-refractivity contribution is 5.19. The minimum absolute atomic E-state index is 0.309. The van der Waals surface area contributed by atoms with Crippen molar-refractivity contribution in [2.24, 2.45) is 0 Å². The van der Waals surface area contributed by atoms with E-state index in [0.717, 1.165) is 26.2 Å². The highest BCUT2D eigenvalue weighted by atomic mass is 16.5. The van der Waals surface area contributed by atoms with Gasteiger partial charge in [-0.2, -0.15) is 0 Å². The Balaban J connectivity index is 1.71. The maximum atomic E-state index is 5.91. The Labute approximate surface area is 95.8 Å². The summed E-state index contributed by atoms with van der Waals surface area (Å²) >= 11 is 0. The molecule has 86 valence electrons. The van der Waals surface area contributed by atoms with Gasteiger partial charge in [-0.3, -0.25) is 0 Å². The largest absolute Gasteiger partial charge is 0.380 e. The summed E-state index contributed by atoms with van der Waals surface area (Å²) in [5.41, 5.74) is 1.30. The van der Waals surface area contributed by atoms with E-state index in [1.54, 1.807) is 0 Å². The van der Waals surface area contributed by atoms with E-state index in [4.69, 9.17) is 9.47 Å². The van der Waals surface area contributed by atoms with Crippen LogP contribution in [0, 0.1) is 0 Å². The maximum absolute atomic E-state index is 5.91. The van der Waals surface area contributed by atoms with Crippen LogP contribution in [0.1, 0.15) is 18.0 Å². The second-order valence-corrected chi connectivity index (χ2v) is 4.47. The topological polar surface area (TPSA) is 30.5 Å². The fourth-order valence-corrected chi connectivity index (χ4v) is 2.48. The van der Waals surface area contributed by atoms with E-state index in [-0.39, 0.29) is 0 Å². The molecule has 2 aliphatic rings. The summed E-state index contributed by atoms with van der Waals surface area (Å²) in [6.07, 6.45) is 1.35. The molecule has 0 saturated carbocycles. The number of ether oxygens (including phenoxy) is 2. The fraction of sp³-hybridized carbons (Fsp3) is 0.538. The molecule has 2 heterocycles. The Kier molecular flexibility index (Phi) is 2.91. The summed E-state index contributed by atoms with van der Waals surface area (Å²) in [6, 6.07) is 11.1. The van der Waals surface area contributed by atoms with Crippen LogP contribution in [0.5, 0.6) is 0 Å². The molecule has 3 heteroatoms. The molecule has 0 bridgehead atoms. The Morgan fingerprint density at radius 3 is 2.88 bits per heavy atom. The van der Waals surface area contributed by atoms with Crippen molar-refractivity contribution in [3.05, 3.63) is 35.9 Å². The first kappa shape index (κ1) is 10.3. The van der Waals surface area contributed by atoms with Crippen molar-refractivity contribution in [1.82, 2.24) is 5.32 Å². The number of hydrogen-bond acceptors (Lipinski definition) is 3. The highest BCUT2D eigenvalue weighted by Gasteiger charge is 2.33. The summed E-state index contributed by atoms with van der Waals surface area (Å²) in [5.74, 6) is 0. The summed E-state index contributed by atoms with van der Waals surface area (Å²) in [5, 5.41) is 3.62. The normalized spacial score (nSPS) is 34.4. The summed E-state index contributed by atoms with van der Waals surface area (Å²) < 4.78 is 11.4. The minimum atomic E-state index is 0.309. The maximum Gasteiger partial charge on any atom is 0.0773 e. The van der Waals surface area contributed by atoms with Crippen molar-refractivity contribution in [2.75, 3.05) is 19.8 Å². The van der Waals surface area contributed by atoms with Crippen molar-refractivity contribution in [3.63, 3.8) is 0 Å². The lowest BCUT2D eigenvalue weighted by Crippen LogP contribution is -2.54. The predicted molar refractivity (Wildman–Crippen MR) is 61.3 cm³/mol. The van der Waals surface area contributed by atoms with Crippen LogP contribution in [0.4, 0.5) is 0 Å². The Bertz CT molecular complexity index is 341. The summed E-state index contributed by atoms with van der Waals surface area (Å²) in [7, 11) is 0. The molecule has 1 aromatic carbocycles. The number of morpholine rings is 1. The first-order valence-corrected chi connectivity index (χ1v) is 5.94.